The molecule has 4 nitrogen and oxygen atoms in total. The molecule has 5 heteroatoms. The summed E-state index contributed by atoms with van der Waals surface area (Å²) in [6.45, 7) is 0.474. The van der Waals surface area contributed by atoms with Crippen LogP contribution < -0.4 is 5.32 Å². The van der Waals surface area contributed by atoms with Crippen molar-refractivity contribution in [3.63, 3.8) is 0 Å². The molecule has 2 N–H and O–H groups in total. The fraction of sp³-hybridized carbons (Fsp3) is 0.300. The Morgan fingerprint density at radius 1 is 1.67 bits per heavy atom. The molecule has 1 atom stereocenters. The molecular formula is C10H13N3OS. The summed E-state index contributed by atoms with van der Waals surface area (Å²) < 4.78 is 1.88. The molecule has 0 saturated heterocycles. The minimum absolute atomic E-state index is 0.474. The molecule has 0 aromatic carbocycles. The van der Waals surface area contributed by atoms with Crippen LogP contribution in [0.2, 0.25) is 0 Å². The lowest BCUT2D eigenvalue weighted by molar-refractivity contribution is 0.192. The molecule has 0 aliphatic rings. The number of hydrogen-bond acceptors (Lipinski definition) is 4. The van der Waals surface area contributed by atoms with Crippen LogP contribution in [0.25, 0.3) is 0 Å². The summed E-state index contributed by atoms with van der Waals surface area (Å²) >= 11 is 1.59. The Balaban J connectivity index is 1.91. The molecule has 2 rings (SSSR count). The van der Waals surface area contributed by atoms with Crippen LogP contribution in [0.5, 0.6) is 0 Å². The van der Waals surface area contributed by atoms with Crippen LogP contribution in [0, 0.1) is 0 Å². The van der Waals surface area contributed by atoms with Gasteiger partial charge >= 0.3 is 0 Å². The lowest BCUT2D eigenvalue weighted by Gasteiger charge is -2.10. The van der Waals surface area contributed by atoms with Gasteiger partial charge in [-0.05, 0) is 22.4 Å². The Bertz CT molecular complexity index is 410. The molecule has 2 heterocycles. The van der Waals surface area contributed by atoms with Gasteiger partial charge in [-0.3, -0.25) is 0 Å². The highest BCUT2D eigenvalue weighted by atomic mass is 32.1. The number of nitrogens with zero attached hydrogens (tertiary/aromatic N) is 2. The molecule has 15 heavy (non-hydrogen) atoms. The molecule has 0 spiro atoms. The Morgan fingerprint density at radius 2 is 2.53 bits per heavy atom. The number of rotatable bonds is 4. The molecule has 80 valence electrons. The van der Waals surface area contributed by atoms with Gasteiger partial charge in [-0.15, -0.1) is 0 Å². The van der Waals surface area contributed by atoms with Crippen molar-refractivity contribution < 1.29 is 5.11 Å². The van der Waals surface area contributed by atoms with Gasteiger partial charge in [0.05, 0.1) is 6.10 Å². The number of anilines is 1. The minimum Gasteiger partial charge on any atom is -0.387 e. The average molecular weight is 223 g/mol. The van der Waals surface area contributed by atoms with Gasteiger partial charge in [0.1, 0.15) is 0 Å². The number of aliphatic hydroxyl groups is 1. The van der Waals surface area contributed by atoms with Crippen LogP contribution in [0.1, 0.15) is 11.7 Å². The summed E-state index contributed by atoms with van der Waals surface area (Å²) in [5.41, 5.74) is 0.946. The van der Waals surface area contributed by atoms with Crippen molar-refractivity contribution in [3.05, 3.63) is 34.8 Å². The molecule has 2 aromatic rings. The largest absolute Gasteiger partial charge is 0.387 e. The van der Waals surface area contributed by atoms with E-state index >= 15 is 0 Å². The molecule has 0 radical (unpaired) electrons. The van der Waals surface area contributed by atoms with E-state index in [2.05, 4.69) is 10.3 Å². The predicted octanol–water partition coefficient (Wildman–Crippen LogP) is 1.63. The minimum atomic E-state index is -0.479. The first-order valence-electron chi connectivity index (χ1n) is 4.68. The SMILES string of the molecule is Cn1ccnc1NCC(O)c1ccsc1. The van der Waals surface area contributed by atoms with E-state index in [9.17, 15) is 5.11 Å². The molecule has 0 fully saturated rings. The highest BCUT2D eigenvalue weighted by Crippen LogP contribution is 2.16. The molecule has 0 bridgehead atoms. The predicted molar refractivity (Wildman–Crippen MR) is 61.0 cm³/mol. The fourth-order valence-corrected chi connectivity index (χ4v) is 2.01. The highest BCUT2D eigenvalue weighted by Gasteiger charge is 2.08. The zero-order valence-corrected chi connectivity index (χ0v) is 9.24. The zero-order valence-electron chi connectivity index (χ0n) is 8.42. The standard InChI is InChI=1S/C10H13N3OS/c1-13-4-3-11-10(13)12-6-9(14)8-2-5-15-7-8/h2-5,7,9,14H,6H2,1H3,(H,11,12). The van der Waals surface area contributed by atoms with E-state index in [1.807, 2.05) is 34.6 Å². The lowest BCUT2D eigenvalue weighted by atomic mass is 10.2. The third-order valence-electron chi connectivity index (χ3n) is 2.20. The molecular weight excluding hydrogens is 210 g/mol. The normalized spacial score (nSPS) is 12.7. The topological polar surface area (TPSA) is 50.1 Å². The van der Waals surface area contributed by atoms with Crippen molar-refractivity contribution >= 4 is 17.3 Å². The second kappa shape index (κ2) is 4.46. The molecule has 0 aliphatic heterocycles. The first kappa shape index (κ1) is 10.2. The first-order valence-corrected chi connectivity index (χ1v) is 5.63. The number of hydrogen-bond donors (Lipinski definition) is 2. The van der Waals surface area contributed by atoms with E-state index in [0.717, 1.165) is 11.5 Å². The van der Waals surface area contributed by atoms with Gasteiger partial charge in [-0.25, -0.2) is 4.98 Å². The Morgan fingerprint density at radius 3 is 3.13 bits per heavy atom. The van der Waals surface area contributed by atoms with E-state index in [1.54, 1.807) is 17.5 Å². The Hall–Kier alpha value is -1.33. The number of aromatic nitrogens is 2. The van der Waals surface area contributed by atoms with Crippen molar-refractivity contribution in [1.82, 2.24) is 9.55 Å². The van der Waals surface area contributed by atoms with Crippen LogP contribution in [0.3, 0.4) is 0 Å². The molecule has 0 aliphatic carbocycles. The van der Waals surface area contributed by atoms with E-state index in [1.165, 1.54) is 0 Å². The fourth-order valence-electron chi connectivity index (χ4n) is 1.31. The number of imidazole rings is 1. The summed E-state index contributed by atoms with van der Waals surface area (Å²) in [6, 6.07) is 1.93. The van der Waals surface area contributed by atoms with Gasteiger partial charge in [-0.2, -0.15) is 11.3 Å². The Labute approximate surface area is 92.2 Å². The molecule has 0 saturated carbocycles. The van der Waals surface area contributed by atoms with Gasteiger partial charge in [0.15, 0.2) is 0 Å². The summed E-state index contributed by atoms with van der Waals surface area (Å²) in [6.07, 6.45) is 3.10. The second-order valence-corrected chi connectivity index (χ2v) is 4.10. The van der Waals surface area contributed by atoms with Gasteiger partial charge in [0, 0.05) is 26.0 Å². The van der Waals surface area contributed by atoms with Crippen LogP contribution in [-0.4, -0.2) is 21.2 Å². The van der Waals surface area contributed by atoms with Crippen molar-refractivity contribution in [1.29, 1.82) is 0 Å². The average Bonchev–Trinajstić information content (AvgIpc) is 2.85. The third-order valence-corrected chi connectivity index (χ3v) is 2.90. The second-order valence-electron chi connectivity index (χ2n) is 3.32. The van der Waals surface area contributed by atoms with Crippen molar-refractivity contribution in [2.45, 2.75) is 6.10 Å². The smallest absolute Gasteiger partial charge is 0.202 e. The summed E-state index contributed by atoms with van der Waals surface area (Å²) in [5.74, 6) is 0.768. The van der Waals surface area contributed by atoms with Crippen LogP contribution in [0.15, 0.2) is 29.2 Å². The van der Waals surface area contributed by atoms with E-state index in [-0.39, 0.29) is 0 Å². The molecule has 1 unspecified atom stereocenters. The van der Waals surface area contributed by atoms with Gasteiger partial charge in [-0.1, -0.05) is 0 Å². The lowest BCUT2D eigenvalue weighted by Crippen LogP contribution is -2.13. The van der Waals surface area contributed by atoms with E-state index in [0.29, 0.717) is 6.54 Å². The Kier molecular flexibility index (Phi) is 3.03. The van der Waals surface area contributed by atoms with Crippen LogP contribution >= 0.6 is 11.3 Å². The number of thiophene rings is 1. The van der Waals surface area contributed by atoms with E-state index < -0.39 is 6.10 Å². The highest BCUT2D eigenvalue weighted by molar-refractivity contribution is 7.07. The van der Waals surface area contributed by atoms with Gasteiger partial charge in [0.25, 0.3) is 0 Å². The molecule has 0 amide bonds. The van der Waals surface area contributed by atoms with Crippen molar-refractivity contribution in [2.75, 3.05) is 11.9 Å². The first-order chi connectivity index (χ1) is 7.27. The maximum atomic E-state index is 9.81. The number of nitrogens with one attached hydrogen (secondary N) is 1. The number of aliphatic hydroxyl groups excluding tert-OH is 1. The zero-order chi connectivity index (χ0) is 10.7. The maximum Gasteiger partial charge on any atom is 0.202 e. The summed E-state index contributed by atoms with van der Waals surface area (Å²) in [4.78, 5) is 4.11. The third kappa shape index (κ3) is 2.37. The van der Waals surface area contributed by atoms with Crippen LogP contribution in [0.4, 0.5) is 5.95 Å². The van der Waals surface area contributed by atoms with Crippen LogP contribution in [-0.2, 0) is 7.05 Å². The van der Waals surface area contributed by atoms with Crippen molar-refractivity contribution in [2.24, 2.45) is 7.05 Å². The summed E-state index contributed by atoms with van der Waals surface area (Å²) in [7, 11) is 1.91. The van der Waals surface area contributed by atoms with Gasteiger partial charge in [0.2, 0.25) is 5.95 Å². The quantitative estimate of drug-likeness (QED) is 0.828. The monoisotopic (exact) mass is 223 g/mol. The molecule has 2 aromatic heterocycles. The van der Waals surface area contributed by atoms with E-state index in [4.69, 9.17) is 0 Å². The maximum absolute atomic E-state index is 9.81. The number of aryl methyl sites for hydroxylation is 1. The summed E-state index contributed by atoms with van der Waals surface area (Å²) in [5, 5.41) is 16.8. The van der Waals surface area contributed by atoms with Gasteiger partial charge < -0.3 is 15.0 Å². The van der Waals surface area contributed by atoms with Crippen molar-refractivity contribution in [3.8, 4) is 0 Å².